The van der Waals surface area contributed by atoms with Gasteiger partial charge >= 0.3 is 12.1 Å². The van der Waals surface area contributed by atoms with Crippen LogP contribution < -0.4 is 0 Å². The third kappa shape index (κ3) is 2.04. The topological polar surface area (TPSA) is 48.0 Å². The first kappa shape index (κ1) is 13.0. The monoisotopic (exact) mass is 275 g/mol. The molecule has 0 aromatic heterocycles. The van der Waals surface area contributed by atoms with Crippen molar-refractivity contribution in [2.45, 2.75) is 31.9 Å². The first-order chi connectivity index (χ1) is 9.64. The lowest BCUT2D eigenvalue weighted by Gasteiger charge is -2.35. The second kappa shape index (κ2) is 4.83. The predicted molar refractivity (Wildman–Crippen MR) is 71.5 cm³/mol. The summed E-state index contributed by atoms with van der Waals surface area (Å²) in [7, 11) is 1.49. The van der Waals surface area contributed by atoms with E-state index >= 15 is 0 Å². The molecule has 0 radical (unpaired) electrons. The lowest BCUT2D eigenvalue weighted by molar-refractivity contribution is -0.331. The summed E-state index contributed by atoms with van der Waals surface area (Å²) in [4.78, 5) is 13.8. The maximum Gasteiger partial charge on any atom is 0.415 e. The van der Waals surface area contributed by atoms with Gasteiger partial charge in [0.15, 0.2) is 0 Å². The van der Waals surface area contributed by atoms with Crippen molar-refractivity contribution in [1.82, 2.24) is 4.90 Å². The van der Waals surface area contributed by atoms with Crippen LogP contribution in [0.3, 0.4) is 0 Å². The first-order valence-corrected chi connectivity index (χ1v) is 6.59. The van der Waals surface area contributed by atoms with Crippen molar-refractivity contribution in [1.29, 1.82) is 0 Å². The number of hydrogen-bond acceptors (Lipinski definition) is 4. The van der Waals surface area contributed by atoms with Gasteiger partial charge in [-0.2, -0.15) is 0 Å². The molecule has 0 saturated carbocycles. The van der Waals surface area contributed by atoms with E-state index in [1.54, 1.807) is 4.90 Å². The Hall–Kier alpha value is -2.01. The van der Waals surface area contributed by atoms with Crippen molar-refractivity contribution in [3.63, 3.8) is 0 Å². The molecule has 3 rings (SSSR count). The number of carbonyl (C=O) groups excluding carboxylic acids is 1. The summed E-state index contributed by atoms with van der Waals surface area (Å²) in [5.41, 5.74) is 1.04. The summed E-state index contributed by atoms with van der Waals surface area (Å²) in [6.07, 6.45) is 2.18. The molecule has 2 unspecified atom stereocenters. The van der Waals surface area contributed by atoms with Gasteiger partial charge in [-0.15, -0.1) is 0 Å². The molecule has 5 nitrogen and oxygen atoms in total. The van der Waals surface area contributed by atoms with E-state index < -0.39 is 12.1 Å². The van der Waals surface area contributed by atoms with Crippen LogP contribution in [-0.2, 0) is 20.8 Å². The number of rotatable bonds is 3. The fourth-order valence-corrected chi connectivity index (χ4v) is 2.64. The van der Waals surface area contributed by atoms with Gasteiger partial charge < -0.3 is 14.2 Å². The maximum atomic E-state index is 12.1. The van der Waals surface area contributed by atoms with E-state index in [-0.39, 0.29) is 6.04 Å². The average molecular weight is 275 g/mol. The Morgan fingerprint density at radius 1 is 1.35 bits per heavy atom. The van der Waals surface area contributed by atoms with E-state index in [1.807, 2.05) is 43.3 Å². The number of hydrogen-bond donors (Lipinski definition) is 0. The smallest absolute Gasteiger partial charge is 0.415 e. The van der Waals surface area contributed by atoms with Crippen molar-refractivity contribution in [3.8, 4) is 0 Å². The number of amides is 1. The van der Waals surface area contributed by atoms with Crippen LogP contribution in [0.4, 0.5) is 4.79 Å². The van der Waals surface area contributed by atoms with Crippen molar-refractivity contribution < 1.29 is 19.0 Å². The fourth-order valence-electron chi connectivity index (χ4n) is 2.64. The molecule has 1 fully saturated rings. The minimum atomic E-state index is -1.31. The fraction of sp³-hybridized carbons (Fsp3) is 0.400. The standard InChI is InChI=1S/C15H17NO4/c1-11-8-9-13-15(18-2,19-11)20-14(17)16(13)10-12-6-4-3-5-7-12/h3-8,13H,9-10H2,1-2H3. The molecule has 2 aliphatic rings. The van der Waals surface area contributed by atoms with Gasteiger partial charge in [0.1, 0.15) is 6.04 Å². The first-order valence-electron chi connectivity index (χ1n) is 6.59. The van der Waals surface area contributed by atoms with Crippen molar-refractivity contribution in [2.75, 3.05) is 7.11 Å². The van der Waals surface area contributed by atoms with E-state index in [4.69, 9.17) is 14.2 Å². The zero-order valence-electron chi connectivity index (χ0n) is 11.5. The third-order valence-electron chi connectivity index (χ3n) is 3.66. The number of nitrogens with zero attached hydrogens (tertiary/aromatic N) is 1. The summed E-state index contributed by atoms with van der Waals surface area (Å²) < 4.78 is 16.4. The van der Waals surface area contributed by atoms with E-state index in [2.05, 4.69) is 0 Å². The average Bonchev–Trinajstić information content (AvgIpc) is 2.72. The molecule has 2 heterocycles. The van der Waals surface area contributed by atoms with Gasteiger partial charge in [-0.05, 0) is 25.0 Å². The molecule has 0 N–H and O–H groups in total. The van der Waals surface area contributed by atoms with Gasteiger partial charge in [0.2, 0.25) is 0 Å². The molecule has 1 amide bonds. The molecule has 2 aliphatic heterocycles. The summed E-state index contributed by atoms with van der Waals surface area (Å²) in [5, 5.41) is 0. The van der Waals surface area contributed by atoms with E-state index in [0.717, 1.165) is 5.56 Å². The minimum absolute atomic E-state index is 0.274. The van der Waals surface area contributed by atoms with Crippen LogP contribution in [0.2, 0.25) is 0 Å². The number of methoxy groups -OCH3 is 1. The van der Waals surface area contributed by atoms with E-state index in [1.165, 1.54) is 7.11 Å². The van der Waals surface area contributed by atoms with Gasteiger partial charge in [0.05, 0.1) is 5.76 Å². The summed E-state index contributed by atoms with van der Waals surface area (Å²) in [6.45, 7) is 2.30. The highest BCUT2D eigenvalue weighted by atomic mass is 16.9. The number of allylic oxidation sites excluding steroid dienone is 1. The molecule has 0 aliphatic carbocycles. The molecule has 0 bridgehead atoms. The predicted octanol–water partition coefficient (Wildman–Crippen LogP) is 2.63. The normalized spacial score (nSPS) is 28.5. The molecular formula is C15H17NO4. The second-order valence-electron chi connectivity index (χ2n) is 4.96. The van der Waals surface area contributed by atoms with Crippen LogP contribution in [0.1, 0.15) is 18.9 Å². The lowest BCUT2D eigenvalue weighted by atomic mass is 10.1. The van der Waals surface area contributed by atoms with Crippen molar-refractivity contribution >= 4 is 6.09 Å². The quantitative estimate of drug-likeness (QED) is 0.851. The Labute approximate surface area is 117 Å². The number of carbonyl (C=O) groups is 1. The summed E-state index contributed by atoms with van der Waals surface area (Å²) >= 11 is 0. The molecule has 1 aromatic carbocycles. The van der Waals surface area contributed by atoms with Crippen molar-refractivity contribution in [3.05, 3.63) is 47.7 Å². The minimum Gasteiger partial charge on any atom is -0.433 e. The van der Waals surface area contributed by atoms with Gasteiger partial charge in [-0.3, -0.25) is 4.90 Å². The Morgan fingerprint density at radius 2 is 2.10 bits per heavy atom. The third-order valence-corrected chi connectivity index (χ3v) is 3.66. The summed E-state index contributed by atoms with van der Waals surface area (Å²) in [6, 6.07) is 9.52. The maximum absolute atomic E-state index is 12.1. The van der Waals surface area contributed by atoms with Crippen LogP contribution in [-0.4, -0.2) is 30.1 Å². The molecule has 2 atom stereocenters. The van der Waals surface area contributed by atoms with Crippen LogP contribution in [0.25, 0.3) is 0 Å². The van der Waals surface area contributed by atoms with Gasteiger partial charge in [0.25, 0.3) is 0 Å². The largest absolute Gasteiger partial charge is 0.433 e. The Kier molecular flexibility index (Phi) is 3.14. The highest BCUT2D eigenvalue weighted by Gasteiger charge is 2.58. The zero-order chi connectivity index (χ0) is 14.2. The lowest BCUT2D eigenvalue weighted by Crippen LogP contribution is -2.50. The molecule has 1 saturated heterocycles. The zero-order valence-corrected chi connectivity index (χ0v) is 11.5. The van der Waals surface area contributed by atoms with Crippen LogP contribution in [0.5, 0.6) is 0 Å². The highest BCUT2D eigenvalue weighted by Crippen LogP contribution is 2.39. The van der Waals surface area contributed by atoms with Crippen LogP contribution in [0, 0.1) is 0 Å². The number of benzene rings is 1. The molecular weight excluding hydrogens is 258 g/mol. The molecule has 1 aromatic rings. The Balaban J connectivity index is 1.87. The number of fused-ring (bicyclic) bond motifs is 1. The second-order valence-corrected chi connectivity index (χ2v) is 4.96. The van der Waals surface area contributed by atoms with Gasteiger partial charge in [-0.25, -0.2) is 4.79 Å². The highest BCUT2D eigenvalue weighted by molar-refractivity contribution is 5.71. The van der Waals surface area contributed by atoms with Crippen LogP contribution in [0.15, 0.2) is 42.2 Å². The van der Waals surface area contributed by atoms with E-state index in [9.17, 15) is 4.79 Å². The van der Waals surface area contributed by atoms with Crippen molar-refractivity contribution in [2.24, 2.45) is 0 Å². The van der Waals surface area contributed by atoms with Crippen LogP contribution >= 0.6 is 0 Å². The molecule has 20 heavy (non-hydrogen) atoms. The van der Waals surface area contributed by atoms with Gasteiger partial charge in [-0.1, -0.05) is 30.3 Å². The molecule has 106 valence electrons. The SMILES string of the molecule is COC12OC(=O)N(Cc3ccccc3)C1CC=C(C)O2. The Morgan fingerprint density at radius 3 is 2.80 bits per heavy atom. The molecule has 0 spiro atoms. The molecule has 5 heteroatoms. The van der Waals surface area contributed by atoms with Gasteiger partial charge in [0, 0.05) is 13.7 Å². The Bertz CT molecular complexity index is 542. The van der Waals surface area contributed by atoms with E-state index in [0.29, 0.717) is 18.7 Å². The summed E-state index contributed by atoms with van der Waals surface area (Å²) in [5.74, 6) is -0.609. The number of ether oxygens (including phenoxy) is 3.